The Bertz CT molecular complexity index is 832. The molecule has 124 valence electrons. The van der Waals surface area contributed by atoms with E-state index in [0.29, 0.717) is 0 Å². The van der Waals surface area contributed by atoms with E-state index in [9.17, 15) is 0 Å². The number of piperazine rings is 1. The molecule has 1 aliphatic rings. The summed E-state index contributed by atoms with van der Waals surface area (Å²) in [6, 6.07) is 8.73. The van der Waals surface area contributed by atoms with Gasteiger partial charge >= 0.3 is 0 Å². The minimum atomic E-state index is 1.03. The fraction of sp³-hybridized carbons (Fsp3) is 0.368. The van der Waals surface area contributed by atoms with Gasteiger partial charge in [0, 0.05) is 37.1 Å². The van der Waals surface area contributed by atoms with Gasteiger partial charge in [0.15, 0.2) is 0 Å². The maximum absolute atomic E-state index is 4.66. The van der Waals surface area contributed by atoms with Gasteiger partial charge in [0.2, 0.25) is 0 Å². The Morgan fingerprint density at radius 1 is 1.04 bits per heavy atom. The van der Waals surface area contributed by atoms with Crippen molar-refractivity contribution >= 4 is 27.4 Å². The number of aromatic nitrogens is 2. The normalized spacial score (nSPS) is 16.0. The molecule has 5 heteroatoms. The van der Waals surface area contributed by atoms with Crippen molar-refractivity contribution < 1.29 is 0 Å². The SMILES string of the molecule is CCN1CCN(c2ncnc3scc(-c4ccc(C)cc4)c23)CC1. The van der Waals surface area contributed by atoms with Crippen molar-refractivity contribution in [3.05, 3.63) is 41.5 Å². The smallest absolute Gasteiger partial charge is 0.141 e. The zero-order valence-electron chi connectivity index (χ0n) is 14.2. The highest BCUT2D eigenvalue weighted by Crippen LogP contribution is 2.38. The Labute approximate surface area is 146 Å². The molecule has 0 amide bonds. The molecular formula is C19H22N4S. The van der Waals surface area contributed by atoms with Gasteiger partial charge in [-0.05, 0) is 19.0 Å². The van der Waals surface area contributed by atoms with Crippen molar-refractivity contribution in [2.75, 3.05) is 37.6 Å². The van der Waals surface area contributed by atoms with Crippen molar-refractivity contribution in [3.8, 4) is 11.1 Å². The van der Waals surface area contributed by atoms with Crippen molar-refractivity contribution in [2.45, 2.75) is 13.8 Å². The first-order valence-electron chi connectivity index (χ1n) is 8.53. The van der Waals surface area contributed by atoms with Crippen LogP contribution in [0.15, 0.2) is 36.0 Å². The molecule has 0 radical (unpaired) electrons. The number of anilines is 1. The molecule has 0 bridgehead atoms. The van der Waals surface area contributed by atoms with Gasteiger partial charge in [-0.3, -0.25) is 0 Å². The zero-order valence-corrected chi connectivity index (χ0v) is 15.0. The van der Waals surface area contributed by atoms with Crippen LogP contribution in [0.2, 0.25) is 0 Å². The molecule has 0 spiro atoms. The molecule has 1 aliphatic heterocycles. The summed E-state index contributed by atoms with van der Waals surface area (Å²) in [5.41, 5.74) is 3.78. The topological polar surface area (TPSA) is 32.3 Å². The first-order valence-corrected chi connectivity index (χ1v) is 9.40. The number of nitrogens with zero attached hydrogens (tertiary/aromatic N) is 4. The largest absolute Gasteiger partial charge is 0.353 e. The lowest BCUT2D eigenvalue weighted by atomic mass is 10.0. The van der Waals surface area contributed by atoms with Gasteiger partial charge in [-0.2, -0.15) is 0 Å². The lowest BCUT2D eigenvalue weighted by Gasteiger charge is -2.35. The maximum Gasteiger partial charge on any atom is 0.141 e. The van der Waals surface area contributed by atoms with Gasteiger partial charge in [-0.25, -0.2) is 9.97 Å². The van der Waals surface area contributed by atoms with Crippen LogP contribution in [0, 0.1) is 6.92 Å². The molecule has 4 rings (SSSR count). The number of benzene rings is 1. The van der Waals surface area contributed by atoms with E-state index in [0.717, 1.165) is 43.4 Å². The number of aryl methyl sites for hydroxylation is 1. The molecule has 24 heavy (non-hydrogen) atoms. The Morgan fingerprint density at radius 3 is 2.50 bits per heavy atom. The average molecular weight is 338 g/mol. The number of thiophene rings is 1. The van der Waals surface area contributed by atoms with E-state index < -0.39 is 0 Å². The molecule has 3 aromatic rings. The molecule has 4 nitrogen and oxygen atoms in total. The Balaban J connectivity index is 1.76. The molecule has 0 saturated carbocycles. The van der Waals surface area contributed by atoms with Crippen molar-refractivity contribution in [2.24, 2.45) is 0 Å². The fourth-order valence-electron chi connectivity index (χ4n) is 3.32. The highest BCUT2D eigenvalue weighted by molar-refractivity contribution is 7.17. The van der Waals surface area contributed by atoms with Crippen LogP contribution in [0.5, 0.6) is 0 Å². The highest BCUT2D eigenvalue weighted by Gasteiger charge is 2.21. The Hall–Kier alpha value is -1.98. The van der Waals surface area contributed by atoms with Gasteiger partial charge in [-0.15, -0.1) is 11.3 Å². The van der Waals surface area contributed by atoms with Gasteiger partial charge in [0.25, 0.3) is 0 Å². The van der Waals surface area contributed by atoms with Crippen LogP contribution < -0.4 is 4.90 Å². The van der Waals surface area contributed by atoms with E-state index >= 15 is 0 Å². The third kappa shape index (κ3) is 2.78. The summed E-state index contributed by atoms with van der Waals surface area (Å²) in [5.74, 6) is 1.09. The lowest BCUT2D eigenvalue weighted by molar-refractivity contribution is 0.271. The van der Waals surface area contributed by atoms with E-state index in [4.69, 9.17) is 0 Å². The summed E-state index contributed by atoms with van der Waals surface area (Å²) >= 11 is 1.71. The third-order valence-electron chi connectivity index (χ3n) is 4.83. The molecule has 1 aromatic carbocycles. The minimum absolute atomic E-state index is 1.03. The summed E-state index contributed by atoms with van der Waals surface area (Å²) in [4.78, 5) is 15.1. The van der Waals surface area contributed by atoms with Crippen LogP contribution >= 0.6 is 11.3 Å². The van der Waals surface area contributed by atoms with E-state index in [1.807, 2.05) is 0 Å². The predicted molar refractivity (Wildman–Crippen MR) is 102 cm³/mol. The van der Waals surface area contributed by atoms with Gasteiger partial charge in [0.1, 0.15) is 17.0 Å². The maximum atomic E-state index is 4.66. The van der Waals surface area contributed by atoms with Gasteiger partial charge < -0.3 is 9.80 Å². The second-order valence-electron chi connectivity index (χ2n) is 6.31. The van der Waals surface area contributed by atoms with Crippen LogP contribution in [0.25, 0.3) is 21.3 Å². The third-order valence-corrected chi connectivity index (χ3v) is 5.72. The van der Waals surface area contributed by atoms with Crippen LogP contribution in [-0.2, 0) is 0 Å². The zero-order chi connectivity index (χ0) is 16.5. The number of likely N-dealkylation sites (N-methyl/N-ethyl adjacent to an activating group) is 1. The first-order chi connectivity index (χ1) is 11.8. The highest BCUT2D eigenvalue weighted by atomic mass is 32.1. The van der Waals surface area contributed by atoms with E-state index in [1.54, 1.807) is 17.7 Å². The molecule has 0 atom stereocenters. The van der Waals surface area contributed by atoms with Crippen molar-refractivity contribution in [1.29, 1.82) is 0 Å². The monoisotopic (exact) mass is 338 g/mol. The average Bonchev–Trinajstić information content (AvgIpc) is 3.07. The summed E-state index contributed by atoms with van der Waals surface area (Å²) in [5, 5.41) is 3.42. The van der Waals surface area contributed by atoms with E-state index in [-0.39, 0.29) is 0 Å². The van der Waals surface area contributed by atoms with E-state index in [2.05, 4.69) is 63.3 Å². The van der Waals surface area contributed by atoms with Crippen LogP contribution in [0.3, 0.4) is 0 Å². The number of rotatable bonds is 3. The van der Waals surface area contributed by atoms with E-state index in [1.165, 1.54) is 22.1 Å². The van der Waals surface area contributed by atoms with Crippen molar-refractivity contribution in [1.82, 2.24) is 14.9 Å². The molecule has 0 N–H and O–H groups in total. The lowest BCUT2D eigenvalue weighted by Crippen LogP contribution is -2.46. The number of hydrogen-bond acceptors (Lipinski definition) is 5. The van der Waals surface area contributed by atoms with Gasteiger partial charge in [-0.1, -0.05) is 36.8 Å². The van der Waals surface area contributed by atoms with Crippen LogP contribution in [0.1, 0.15) is 12.5 Å². The summed E-state index contributed by atoms with van der Waals surface area (Å²) < 4.78 is 0. The first kappa shape index (κ1) is 15.5. The molecule has 0 aliphatic carbocycles. The molecule has 2 aromatic heterocycles. The molecule has 1 saturated heterocycles. The number of hydrogen-bond donors (Lipinski definition) is 0. The second kappa shape index (κ2) is 6.49. The molecular weight excluding hydrogens is 316 g/mol. The second-order valence-corrected chi connectivity index (χ2v) is 7.17. The van der Waals surface area contributed by atoms with Gasteiger partial charge in [0.05, 0.1) is 5.39 Å². The van der Waals surface area contributed by atoms with Crippen molar-refractivity contribution in [3.63, 3.8) is 0 Å². The van der Waals surface area contributed by atoms with Crippen LogP contribution in [0.4, 0.5) is 5.82 Å². The standard InChI is InChI=1S/C19H22N4S/c1-3-22-8-10-23(11-9-22)18-17-16(12-24-19(17)21-13-20-18)15-6-4-14(2)5-7-15/h4-7,12-13H,3,8-11H2,1-2H3. The fourth-order valence-corrected chi connectivity index (χ4v) is 4.23. The molecule has 0 unspecified atom stereocenters. The molecule has 3 heterocycles. The Kier molecular flexibility index (Phi) is 4.21. The number of fused-ring (bicyclic) bond motifs is 1. The quantitative estimate of drug-likeness (QED) is 0.727. The minimum Gasteiger partial charge on any atom is -0.353 e. The Morgan fingerprint density at radius 2 is 1.79 bits per heavy atom. The van der Waals surface area contributed by atoms with Crippen LogP contribution in [-0.4, -0.2) is 47.6 Å². The summed E-state index contributed by atoms with van der Waals surface area (Å²) in [6.45, 7) is 9.74. The predicted octanol–water partition coefficient (Wildman–Crippen LogP) is 3.81. The summed E-state index contributed by atoms with van der Waals surface area (Å²) in [6.07, 6.45) is 1.71. The summed E-state index contributed by atoms with van der Waals surface area (Å²) in [7, 11) is 0. The molecule has 1 fully saturated rings.